The van der Waals surface area contributed by atoms with Crippen molar-refractivity contribution in [2.45, 2.75) is 13.2 Å². The minimum atomic E-state index is -0.519. The van der Waals surface area contributed by atoms with E-state index < -0.39 is 16.1 Å². The largest absolute Gasteiger partial charge is 0.488 e. The highest BCUT2D eigenvalue weighted by Crippen LogP contribution is 2.34. The molecule has 8 nitrogen and oxygen atoms in total. The van der Waals surface area contributed by atoms with Crippen LogP contribution in [0.2, 0.25) is 0 Å². The Labute approximate surface area is 218 Å². The third-order valence-corrected chi connectivity index (χ3v) is 6.86. The van der Waals surface area contributed by atoms with Crippen LogP contribution in [0.1, 0.15) is 22.3 Å². The van der Waals surface area contributed by atoms with Gasteiger partial charge >= 0.3 is 0 Å². The standard InChI is InChI=1S/C25H16IN3O5S/c26-21-11-16(8-9-22(21)34-15-19-6-2-1-5-18(19)13-27)12-23-24(30)28(25(31)35-23)14-17-4-3-7-20(10-17)29(32)33/h1-12H,14-15H2/b23-12+. The van der Waals surface area contributed by atoms with E-state index in [1.54, 1.807) is 36.4 Å². The quantitative estimate of drug-likeness (QED) is 0.145. The number of nitro groups is 1. The lowest BCUT2D eigenvalue weighted by Crippen LogP contribution is -2.27. The number of amides is 2. The monoisotopic (exact) mass is 597 g/mol. The summed E-state index contributed by atoms with van der Waals surface area (Å²) in [6.07, 6.45) is 1.63. The van der Waals surface area contributed by atoms with Gasteiger partial charge in [-0.2, -0.15) is 5.26 Å². The number of benzene rings is 3. The third kappa shape index (κ3) is 5.70. The first-order chi connectivity index (χ1) is 16.9. The lowest BCUT2D eigenvalue weighted by Gasteiger charge is -2.12. The molecular formula is C25H16IN3O5S. The predicted octanol–water partition coefficient (Wildman–Crippen LogP) is 5.89. The Balaban J connectivity index is 1.46. The molecule has 0 aromatic heterocycles. The highest BCUT2D eigenvalue weighted by Gasteiger charge is 2.35. The van der Waals surface area contributed by atoms with E-state index >= 15 is 0 Å². The number of nitro benzene ring substituents is 1. The van der Waals surface area contributed by atoms with E-state index in [2.05, 4.69) is 28.7 Å². The van der Waals surface area contributed by atoms with Crippen LogP contribution in [-0.2, 0) is 17.9 Å². The van der Waals surface area contributed by atoms with E-state index in [9.17, 15) is 25.0 Å². The molecule has 3 aromatic rings. The van der Waals surface area contributed by atoms with Gasteiger partial charge in [-0.1, -0.05) is 36.4 Å². The molecule has 1 aliphatic heterocycles. The molecule has 0 atom stereocenters. The van der Waals surface area contributed by atoms with Gasteiger partial charge in [-0.15, -0.1) is 0 Å². The third-order valence-electron chi connectivity index (χ3n) is 5.11. The second-order valence-corrected chi connectivity index (χ2v) is 9.60. The molecule has 0 unspecified atom stereocenters. The molecule has 0 spiro atoms. The molecule has 0 saturated carbocycles. The smallest absolute Gasteiger partial charge is 0.293 e. The zero-order valence-corrected chi connectivity index (χ0v) is 21.0. The van der Waals surface area contributed by atoms with Crippen molar-refractivity contribution in [3.63, 3.8) is 0 Å². The van der Waals surface area contributed by atoms with Crippen molar-refractivity contribution in [2.75, 3.05) is 0 Å². The summed E-state index contributed by atoms with van der Waals surface area (Å²) in [6.45, 7) is 0.202. The maximum atomic E-state index is 12.8. The molecule has 4 rings (SSSR count). The van der Waals surface area contributed by atoms with Crippen LogP contribution < -0.4 is 4.74 Å². The van der Waals surface area contributed by atoms with Crippen molar-refractivity contribution in [2.24, 2.45) is 0 Å². The van der Waals surface area contributed by atoms with Gasteiger partial charge in [-0.25, -0.2) is 0 Å². The highest BCUT2D eigenvalue weighted by atomic mass is 127. The van der Waals surface area contributed by atoms with E-state index in [4.69, 9.17) is 4.74 Å². The second-order valence-electron chi connectivity index (χ2n) is 7.44. The maximum Gasteiger partial charge on any atom is 0.293 e. The Morgan fingerprint density at radius 1 is 1.11 bits per heavy atom. The van der Waals surface area contributed by atoms with Gasteiger partial charge in [-0.3, -0.25) is 24.6 Å². The lowest BCUT2D eigenvalue weighted by molar-refractivity contribution is -0.384. The van der Waals surface area contributed by atoms with Crippen molar-refractivity contribution >= 4 is 57.3 Å². The molecule has 0 N–H and O–H groups in total. The summed E-state index contributed by atoms with van der Waals surface area (Å²) < 4.78 is 6.68. The van der Waals surface area contributed by atoms with E-state index in [1.165, 1.54) is 18.2 Å². The summed E-state index contributed by atoms with van der Waals surface area (Å²) in [7, 11) is 0. The Morgan fingerprint density at radius 3 is 2.66 bits per heavy atom. The van der Waals surface area contributed by atoms with Crippen molar-refractivity contribution in [3.05, 3.63) is 108 Å². The summed E-state index contributed by atoms with van der Waals surface area (Å²) in [6, 6.07) is 20.6. The van der Waals surface area contributed by atoms with Gasteiger partial charge in [0.25, 0.3) is 16.8 Å². The van der Waals surface area contributed by atoms with Gasteiger partial charge in [-0.05, 0) is 69.8 Å². The Bertz CT molecular complexity index is 1420. The number of carbonyl (C=O) groups excluding carboxylic acids is 2. The van der Waals surface area contributed by atoms with Gasteiger partial charge in [0, 0.05) is 17.7 Å². The SMILES string of the molecule is N#Cc1ccccc1COc1ccc(/C=C2/SC(=O)N(Cc3cccc([N+](=O)[O-])c3)C2=O)cc1I. The van der Waals surface area contributed by atoms with Crippen LogP contribution in [0.25, 0.3) is 6.08 Å². The predicted molar refractivity (Wildman–Crippen MR) is 139 cm³/mol. The molecule has 35 heavy (non-hydrogen) atoms. The molecular weight excluding hydrogens is 581 g/mol. The number of rotatable bonds is 7. The first-order valence-electron chi connectivity index (χ1n) is 10.2. The van der Waals surface area contributed by atoms with Crippen molar-refractivity contribution in [1.29, 1.82) is 5.26 Å². The van der Waals surface area contributed by atoms with E-state index in [1.807, 2.05) is 18.2 Å². The fraction of sp³-hybridized carbons (Fsp3) is 0.0800. The summed E-state index contributed by atoms with van der Waals surface area (Å²) in [4.78, 5) is 37.1. The van der Waals surface area contributed by atoms with Crippen molar-refractivity contribution in [1.82, 2.24) is 4.90 Å². The van der Waals surface area contributed by atoms with E-state index in [0.29, 0.717) is 16.9 Å². The first-order valence-corrected chi connectivity index (χ1v) is 12.1. The molecule has 0 aliphatic carbocycles. The number of non-ortho nitro benzene ring substituents is 1. The number of ether oxygens (including phenoxy) is 1. The molecule has 1 fully saturated rings. The number of hydrogen-bond acceptors (Lipinski definition) is 7. The number of nitriles is 1. The fourth-order valence-electron chi connectivity index (χ4n) is 3.37. The van der Waals surface area contributed by atoms with Crippen LogP contribution in [0.5, 0.6) is 5.75 Å². The zero-order valence-electron chi connectivity index (χ0n) is 18.0. The van der Waals surface area contributed by atoms with Gasteiger partial charge in [0.2, 0.25) is 0 Å². The summed E-state index contributed by atoms with van der Waals surface area (Å²) in [5.41, 5.74) is 2.46. The summed E-state index contributed by atoms with van der Waals surface area (Å²) in [5.74, 6) is 0.184. The lowest BCUT2D eigenvalue weighted by atomic mass is 10.1. The second kappa shape index (κ2) is 10.7. The topological polar surface area (TPSA) is 114 Å². The van der Waals surface area contributed by atoms with Crippen LogP contribution in [0.4, 0.5) is 10.5 Å². The molecule has 1 aliphatic rings. The van der Waals surface area contributed by atoms with E-state index in [0.717, 1.165) is 31.4 Å². The van der Waals surface area contributed by atoms with Crippen LogP contribution in [0.15, 0.2) is 71.6 Å². The van der Waals surface area contributed by atoms with E-state index in [-0.39, 0.29) is 23.7 Å². The number of imide groups is 1. The zero-order chi connectivity index (χ0) is 24.9. The van der Waals surface area contributed by atoms with Crippen LogP contribution in [0.3, 0.4) is 0 Å². The van der Waals surface area contributed by atoms with Crippen LogP contribution in [-0.4, -0.2) is 21.0 Å². The normalized spacial score (nSPS) is 14.3. The first kappa shape index (κ1) is 24.4. The Kier molecular flexibility index (Phi) is 7.48. The molecule has 1 heterocycles. The number of halogens is 1. The number of carbonyl (C=O) groups is 2. The average Bonchev–Trinajstić information content (AvgIpc) is 3.11. The number of nitrogens with zero attached hydrogens (tertiary/aromatic N) is 3. The van der Waals surface area contributed by atoms with Gasteiger partial charge in [0.1, 0.15) is 12.4 Å². The summed E-state index contributed by atoms with van der Waals surface area (Å²) >= 11 is 2.96. The number of thioether (sulfide) groups is 1. The molecule has 0 radical (unpaired) electrons. The van der Waals surface area contributed by atoms with Gasteiger partial charge in [0.05, 0.1) is 31.6 Å². The van der Waals surface area contributed by atoms with Crippen LogP contribution >= 0.6 is 34.4 Å². The molecule has 174 valence electrons. The van der Waals surface area contributed by atoms with Gasteiger partial charge in [0.15, 0.2) is 0 Å². The average molecular weight is 597 g/mol. The Morgan fingerprint density at radius 2 is 1.91 bits per heavy atom. The minimum absolute atomic E-state index is 0.0435. The van der Waals surface area contributed by atoms with Crippen molar-refractivity contribution < 1.29 is 19.2 Å². The minimum Gasteiger partial charge on any atom is -0.488 e. The molecule has 10 heteroatoms. The number of hydrogen-bond donors (Lipinski definition) is 0. The molecule has 2 amide bonds. The highest BCUT2D eigenvalue weighted by molar-refractivity contribution is 14.1. The fourth-order valence-corrected chi connectivity index (χ4v) is 4.91. The van der Waals surface area contributed by atoms with Gasteiger partial charge < -0.3 is 4.74 Å². The van der Waals surface area contributed by atoms with Crippen LogP contribution in [0, 0.1) is 25.0 Å². The molecule has 0 bridgehead atoms. The summed E-state index contributed by atoms with van der Waals surface area (Å²) in [5, 5.41) is 19.8. The van der Waals surface area contributed by atoms with Crippen molar-refractivity contribution in [3.8, 4) is 11.8 Å². The molecule has 3 aromatic carbocycles. The maximum absolute atomic E-state index is 12.8. The molecule has 1 saturated heterocycles. The Hall–Kier alpha value is -3.69.